The van der Waals surface area contributed by atoms with E-state index in [1.807, 2.05) is 31.2 Å². The zero-order valence-electron chi connectivity index (χ0n) is 9.36. The summed E-state index contributed by atoms with van der Waals surface area (Å²) in [5.41, 5.74) is 3.50. The second kappa shape index (κ2) is 3.89. The van der Waals surface area contributed by atoms with Crippen molar-refractivity contribution in [3.63, 3.8) is 0 Å². The van der Waals surface area contributed by atoms with Crippen molar-refractivity contribution >= 4 is 0 Å². The van der Waals surface area contributed by atoms with Crippen molar-refractivity contribution in [2.75, 3.05) is 0 Å². The lowest BCUT2D eigenvalue weighted by Gasteiger charge is -2.07. The fourth-order valence-electron chi connectivity index (χ4n) is 1.60. The standard InChI is InChI=1S/C14H14O2/c1-9-3-5-11(6-4-9)12-7-13(15)10(2)14(16)8-12/h3-8,15-16H,1-2H3. The fraction of sp³-hybridized carbons (Fsp3) is 0.143. The number of benzene rings is 2. The Balaban J connectivity index is 2.52. The van der Waals surface area contributed by atoms with E-state index in [1.165, 1.54) is 5.56 Å². The summed E-state index contributed by atoms with van der Waals surface area (Å²) < 4.78 is 0. The first-order chi connectivity index (χ1) is 7.58. The van der Waals surface area contributed by atoms with E-state index < -0.39 is 0 Å². The average molecular weight is 214 g/mol. The van der Waals surface area contributed by atoms with Gasteiger partial charge in [0, 0.05) is 5.56 Å². The third-order valence-corrected chi connectivity index (χ3v) is 2.74. The molecule has 82 valence electrons. The van der Waals surface area contributed by atoms with Gasteiger partial charge in [0.2, 0.25) is 0 Å². The third kappa shape index (κ3) is 1.87. The predicted octanol–water partition coefficient (Wildman–Crippen LogP) is 3.38. The Labute approximate surface area is 94.8 Å². The second-order valence-corrected chi connectivity index (χ2v) is 4.01. The van der Waals surface area contributed by atoms with Gasteiger partial charge in [0.25, 0.3) is 0 Å². The number of aromatic hydroxyl groups is 2. The molecule has 2 aromatic rings. The highest BCUT2D eigenvalue weighted by Crippen LogP contribution is 2.32. The molecule has 0 aliphatic rings. The topological polar surface area (TPSA) is 40.5 Å². The van der Waals surface area contributed by atoms with Gasteiger partial charge in [-0.15, -0.1) is 0 Å². The summed E-state index contributed by atoms with van der Waals surface area (Å²) in [6.07, 6.45) is 0. The second-order valence-electron chi connectivity index (χ2n) is 4.01. The van der Waals surface area contributed by atoms with Gasteiger partial charge in [-0.3, -0.25) is 0 Å². The minimum Gasteiger partial charge on any atom is -0.508 e. The normalized spacial score (nSPS) is 10.4. The Morgan fingerprint density at radius 1 is 0.750 bits per heavy atom. The summed E-state index contributed by atoms with van der Waals surface area (Å²) in [7, 11) is 0. The van der Waals surface area contributed by atoms with Crippen molar-refractivity contribution in [2.24, 2.45) is 0 Å². The molecule has 2 aromatic carbocycles. The predicted molar refractivity (Wildman–Crippen MR) is 64.7 cm³/mol. The average Bonchev–Trinajstić information content (AvgIpc) is 2.26. The number of aryl methyl sites for hydroxylation is 1. The highest BCUT2D eigenvalue weighted by molar-refractivity contribution is 5.68. The summed E-state index contributed by atoms with van der Waals surface area (Å²) in [5.74, 6) is 0.242. The number of hydrogen-bond donors (Lipinski definition) is 2. The molecule has 0 heterocycles. The highest BCUT2D eigenvalue weighted by atomic mass is 16.3. The van der Waals surface area contributed by atoms with Gasteiger partial charge in [-0.2, -0.15) is 0 Å². The molecule has 0 spiro atoms. The SMILES string of the molecule is Cc1ccc(-c2cc(O)c(C)c(O)c2)cc1. The van der Waals surface area contributed by atoms with Crippen molar-refractivity contribution < 1.29 is 10.2 Å². The molecule has 0 atom stereocenters. The van der Waals surface area contributed by atoms with Gasteiger partial charge in [-0.1, -0.05) is 29.8 Å². The summed E-state index contributed by atoms with van der Waals surface area (Å²) in [5, 5.41) is 19.3. The molecule has 0 saturated heterocycles. The Morgan fingerprint density at radius 3 is 1.75 bits per heavy atom. The van der Waals surface area contributed by atoms with Gasteiger partial charge in [0.1, 0.15) is 11.5 Å². The first-order valence-corrected chi connectivity index (χ1v) is 5.17. The van der Waals surface area contributed by atoms with Crippen LogP contribution in [0.5, 0.6) is 11.5 Å². The minimum atomic E-state index is 0.121. The molecule has 2 heteroatoms. The Hall–Kier alpha value is -1.96. The number of rotatable bonds is 1. The van der Waals surface area contributed by atoms with Gasteiger partial charge in [0.05, 0.1) is 0 Å². The molecule has 16 heavy (non-hydrogen) atoms. The first-order valence-electron chi connectivity index (χ1n) is 5.17. The Kier molecular flexibility index (Phi) is 2.57. The maximum Gasteiger partial charge on any atom is 0.122 e. The molecular weight excluding hydrogens is 200 g/mol. The van der Waals surface area contributed by atoms with Crippen LogP contribution in [0.3, 0.4) is 0 Å². The molecule has 0 aliphatic heterocycles. The van der Waals surface area contributed by atoms with E-state index in [9.17, 15) is 10.2 Å². The van der Waals surface area contributed by atoms with E-state index in [0.717, 1.165) is 11.1 Å². The molecule has 2 rings (SSSR count). The lowest BCUT2D eigenvalue weighted by atomic mass is 10.0. The van der Waals surface area contributed by atoms with Crippen molar-refractivity contribution in [1.82, 2.24) is 0 Å². The quantitative estimate of drug-likeness (QED) is 0.764. The molecule has 0 aromatic heterocycles. The molecule has 2 nitrogen and oxygen atoms in total. The monoisotopic (exact) mass is 214 g/mol. The molecule has 0 radical (unpaired) electrons. The Bertz CT molecular complexity index is 490. The van der Waals surface area contributed by atoms with Crippen LogP contribution in [0, 0.1) is 13.8 Å². The zero-order chi connectivity index (χ0) is 11.7. The summed E-state index contributed by atoms with van der Waals surface area (Å²) in [4.78, 5) is 0. The first kappa shape index (κ1) is 10.6. The maximum absolute atomic E-state index is 9.64. The van der Waals surface area contributed by atoms with Crippen LogP contribution in [-0.2, 0) is 0 Å². The molecule has 0 fully saturated rings. The zero-order valence-corrected chi connectivity index (χ0v) is 9.36. The summed E-state index contributed by atoms with van der Waals surface area (Å²) >= 11 is 0. The van der Waals surface area contributed by atoms with Gasteiger partial charge in [-0.05, 0) is 37.1 Å². The molecule has 0 saturated carbocycles. The van der Waals surface area contributed by atoms with E-state index >= 15 is 0 Å². The summed E-state index contributed by atoms with van der Waals surface area (Å²) in [6, 6.07) is 11.3. The van der Waals surface area contributed by atoms with Crippen LogP contribution in [0.25, 0.3) is 11.1 Å². The van der Waals surface area contributed by atoms with Gasteiger partial charge < -0.3 is 10.2 Å². The largest absolute Gasteiger partial charge is 0.508 e. The Morgan fingerprint density at radius 2 is 1.25 bits per heavy atom. The summed E-state index contributed by atoms with van der Waals surface area (Å²) in [6.45, 7) is 3.71. The molecule has 0 amide bonds. The molecule has 2 N–H and O–H groups in total. The number of phenols is 2. The molecule has 0 unspecified atom stereocenters. The van der Waals surface area contributed by atoms with Gasteiger partial charge in [-0.25, -0.2) is 0 Å². The van der Waals surface area contributed by atoms with E-state index in [0.29, 0.717) is 5.56 Å². The highest BCUT2D eigenvalue weighted by Gasteiger charge is 2.06. The van der Waals surface area contributed by atoms with Crippen LogP contribution in [0.15, 0.2) is 36.4 Å². The van der Waals surface area contributed by atoms with E-state index in [4.69, 9.17) is 0 Å². The fourth-order valence-corrected chi connectivity index (χ4v) is 1.60. The van der Waals surface area contributed by atoms with Crippen LogP contribution in [0.1, 0.15) is 11.1 Å². The lowest BCUT2D eigenvalue weighted by molar-refractivity contribution is 0.444. The van der Waals surface area contributed by atoms with Crippen LogP contribution in [0.2, 0.25) is 0 Å². The van der Waals surface area contributed by atoms with Gasteiger partial charge >= 0.3 is 0 Å². The molecular formula is C14H14O2. The van der Waals surface area contributed by atoms with Crippen LogP contribution in [-0.4, -0.2) is 10.2 Å². The van der Waals surface area contributed by atoms with Crippen molar-refractivity contribution in [2.45, 2.75) is 13.8 Å². The minimum absolute atomic E-state index is 0.121. The third-order valence-electron chi connectivity index (χ3n) is 2.74. The van der Waals surface area contributed by atoms with E-state index in [1.54, 1.807) is 19.1 Å². The lowest BCUT2D eigenvalue weighted by Crippen LogP contribution is -1.82. The van der Waals surface area contributed by atoms with Gasteiger partial charge in [0.15, 0.2) is 0 Å². The van der Waals surface area contributed by atoms with Crippen LogP contribution < -0.4 is 0 Å². The van der Waals surface area contributed by atoms with Crippen molar-refractivity contribution in [3.05, 3.63) is 47.5 Å². The van der Waals surface area contributed by atoms with E-state index in [-0.39, 0.29) is 11.5 Å². The maximum atomic E-state index is 9.64. The van der Waals surface area contributed by atoms with Crippen molar-refractivity contribution in [1.29, 1.82) is 0 Å². The smallest absolute Gasteiger partial charge is 0.122 e. The van der Waals surface area contributed by atoms with Crippen LogP contribution in [0.4, 0.5) is 0 Å². The molecule has 0 aliphatic carbocycles. The van der Waals surface area contributed by atoms with Crippen molar-refractivity contribution in [3.8, 4) is 22.6 Å². The number of phenolic OH excluding ortho intramolecular Hbond substituents is 2. The van der Waals surface area contributed by atoms with Crippen LogP contribution >= 0.6 is 0 Å². The molecule has 0 bridgehead atoms. The number of hydrogen-bond acceptors (Lipinski definition) is 2. The van der Waals surface area contributed by atoms with E-state index in [2.05, 4.69) is 0 Å².